The van der Waals surface area contributed by atoms with Gasteiger partial charge < -0.3 is 14.4 Å². The molecule has 162 valence electrons. The first kappa shape index (κ1) is 21.9. The van der Waals surface area contributed by atoms with Gasteiger partial charge in [-0.15, -0.1) is 5.10 Å². The maximum absolute atomic E-state index is 13.2. The van der Waals surface area contributed by atoms with Crippen LogP contribution in [0.15, 0.2) is 29.1 Å². The van der Waals surface area contributed by atoms with Crippen molar-refractivity contribution in [1.29, 1.82) is 0 Å². The number of fused-ring (bicyclic) bond motifs is 3. The molecular formula is C21H29N5O4. The summed E-state index contributed by atoms with van der Waals surface area (Å²) in [6, 6.07) is 7.57. The molecule has 2 heterocycles. The number of carbonyl (C=O) groups is 1. The maximum Gasteiger partial charge on any atom is 0.352 e. The molecule has 2 aromatic heterocycles. The molecule has 9 nitrogen and oxygen atoms in total. The molecule has 0 saturated carbocycles. The van der Waals surface area contributed by atoms with Gasteiger partial charge in [0.25, 0.3) is 0 Å². The van der Waals surface area contributed by atoms with E-state index in [-0.39, 0.29) is 23.6 Å². The van der Waals surface area contributed by atoms with E-state index in [2.05, 4.69) is 5.10 Å². The van der Waals surface area contributed by atoms with Gasteiger partial charge in [0, 0.05) is 38.1 Å². The largest absolute Gasteiger partial charge is 0.383 e. The van der Waals surface area contributed by atoms with Crippen LogP contribution in [-0.2, 0) is 26.2 Å². The summed E-state index contributed by atoms with van der Waals surface area (Å²) in [6.07, 6.45) is 0. The molecular weight excluding hydrogens is 386 g/mol. The SMILES string of the molecule is COCCN(CCOC)C(=O)Cn1nc2c3ccccc3nc(C(C)(C)C)n2c1=O. The molecule has 0 saturated heterocycles. The third-order valence-corrected chi connectivity index (χ3v) is 4.86. The van der Waals surface area contributed by atoms with Crippen LogP contribution in [0.25, 0.3) is 16.6 Å². The van der Waals surface area contributed by atoms with Crippen LogP contribution in [0, 0.1) is 0 Å². The van der Waals surface area contributed by atoms with Crippen molar-refractivity contribution < 1.29 is 14.3 Å². The van der Waals surface area contributed by atoms with Gasteiger partial charge in [-0.3, -0.25) is 4.79 Å². The zero-order valence-corrected chi connectivity index (χ0v) is 18.2. The molecule has 0 unspecified atom stereocenters. The van der Waals surface area contributed by atoms with Crippen LogP contribution >= 0.6 is 0 Å². The summed E-state index contributed by atoms with van der Waals surface area (Å²) >= 11 is 0. The standard InChI is InChI=1S/C21H29N5O4/c1-21(2,3)19-22-16-9-7-6-8-15(16)18-23-25(20(28)26(18)19)14-17(27)24(10-12-29-4)11-13-30-5/h6-9H,10-14H2,1-5H3. The zero-order chi connectivity index (χ0) is 21.9. The van der Waals surface area contributed by atoms with Gasteiger partial charge in [0.05, 0.1) is 18.7 Å². The van der Waals surface area contributed by atoms with Gasteiger partial charge in [-0.25, -0.2) is 18.9 Å². The van der Waals surface area contributed by atoms with Gasteiger partial charge >= 0.3 is 5.69 Å². The molecule has 0 atom stereocenters. The molecule has 0 aliphatic rings. The lowest BCUT2D eigenvalue weighted by atomic mass is 9.95. The summed E-state index contributed by atoms with van der Waals surface area (Å²) in [7, 11) is 3.16. The van der Waals surface area contributed by atoms with E-state index in [1.54, 1.807) is 19.1 Å². The van der Waals surface area contributed by atoms with E-state index in [0.29, 0.717) is 37.8 Å². The second-order valence-electron chi connectivity index (χ2n) is 8.17. The fraction of sp³-hybridized carbons (Fsp3) is 0.524. The molecule has 0 aliphatic carbocycles. The minimum atomic E-state index is -0.382. The van der Waals surface area contributed by atoms with E-state index in [4.69, 9.17) is 14.5 Å². The first-order valence-corrected chi connectivity index (χ1v) is 9.92. The number of benzene rings is 1. The Morgan fingerprint density at radius 2 is 1.73 bits per heavy atom. The molecule has 1 aromatic carbocycles. The number of amides is 1. The lowest BCUT2D eigenvalue weighted by Crippen LogP contribution is -2.40. The summed E-state index contributed by atoms with van der Waals surface area (Å²) in [5, 5.41) is 5.28. The van der Waals surface area contributed by atoms with Crippen molar-refractivity contribution in [2.45, 2.75) is 32.7 Å². The fourth-order valence-electron chi connectivity index (χ4n) is 3.30. The lowest BCUT2D eigenvalue weighted by Gasteiger charge is -2.21. The number of methoxy groups -OCH3 is 2. The van der Waals surface area contributed by atoms with E-state index < -0.39 is 0 Å². The monoisotopic (exact) mass is 415 g/mol. The van der Waals surface area contributed by atoms with Crippen molar-refractivity contribution in [3.8, 4) is 0 Å². The number of para-hydroxylation sites is 1. The van der Waals surface area contributed by atoms with Crippen molar-refractivity contribution >= 4 is 22.5 Å². The number of hydrogen-bond acceptors (Lipinski definition) is 6. The smallest absolute Gasteiger partial charge is 0.352 e. The van der Waals surface area contributed by atoms with Crippen LogP contribution in [0.5, 0.6) is 0 Å². The molecule has 0 N–H and O–H groups in total. The third kappa shape index (κ3) is 4.36. The molecule has 0 fully saturated rings. The first-order valence-electron chi connectivity index (χ1n) is 9.92. The minimum absolute atomic E-state index is 0.161. The summed E-state index contributed by atoms with van der Waals surface area (Å²) in [5.41, 5.74) is 0.510. The predicted octanol–water partition coefficient (Wildman–Crippen LogP) is 1.46. The van der Waals surface area contributed by atoms with Crippen LogP contribution < -0.4 is 5.69 Å². The zero-order valence-electron chi connectivity index (χ0n) is 18.2. The van der Waals surface area contributed by atoms with Gasteiger partial charge in [-0.2, -0.15) is 0 Å². The highest BCUT2D eigenvalue weighted by Crippen LogP contribution is 2.24. The number of carbonyl (C=O) groups excluding carboxylic acids is 1. The number of aromatic nitrogens is 4. The van der Waals surface area contributed by atoms with Crippen LogP contribution in [0.2, 0.25) is 0 Å². The van der Waals surface area contributed by atoms with Gasteiger partial charge in [0.15, 0.2) is 5.65 Å². The average Bonchev–Trinajstić information content (AvgIpc) is 3.03. The van der Waals surface area contributed by atoms with Crippen molar-refractivity contribution in [2.75, 3.05) is 40.5 Å². The Labute approximate surface area is 175 Å². The topological polar surface area (TPSA) is 91.0 Å². The fourth-order valence-corrected chi connectivity index (χ4v) is 3.30. The van der Waals surface area contributed by atoms with E-state index in [9.17, 15) is 9.59 Å². The third-order valence-electron chi connectivity index (χ3n) is 4.86. The van der Waals surface area contributed by atoms with Crippen molar-refractivity contribution in [1.82, 2.24) is 24.1 Å². The van der Waals surface area contributed by atoms with Gasteiger partial charge in [-0.05, 0) is 12.1 Å². The maximum atomic E-state index is 13.2. The summed E-state index contributed by atoms with van der Waals surface area (Å²) in [6.45, 7) is 7.46. The first-order chi connectivity index (χ1) is 14.3. The average molecular weight is 415 g/mol. The second kappa shape index (κ2) is 8.93. The Balaban J connectivity index is 2.07. The van der Waals surface area contributed by atoms with Crippen LogP contribution in [0.3, 0.4) is 0 Å². The number of hydrogen-bond donors (Lipinski definition) is 0. The quantitative estimate of drug-likeness (QED) is 0.553. The Kier molecular flexibility index (Phi) is 6.52. The molecule has 0 bridgehead atoms. The number of nitrogens with zero attached hydrogens (tertiary/aromatic N) is 5. The summed E-state index contributed by atoms with van der Waals surface area (Å²) in [5.74, 6) is 0.389. The van der Waals surface area contributed by atoms with Gasteiger partial charge in [0.1, 0.15) is 12.4 Å². The van der Waals surface area contributed by atoms with Crippen LogP contribution in [0.1, 0.15) is 26.6 Å². The number of ether oxygens (including phenoxy) is 2. The van der Waals surface area contributed by atoms with E-state index in [0.717, 1.165) is 10.9 Å². The van der Waals surface area contributed by atoms with Crippen molar-refractivity contribution in [2.24, 2.45) is 0 Å². The molecule has 0 radical (unpaired) electrons. The second-order valence-corrected chi connectivity index (χ2v) is 8.17. The highest BCUT2D eigenvalue weighted by molar-refractivity contribution is 5.91. The Hall–Kier alpha value is -2.78. The molecule has 9 heteroatoms. The summed E-state index contributed by atoms with van der Waals surface area (Å²) < 4.78 is 12.9. The van der Waals surface area contributed by atoms with Crippen molar-refractivity contribution in [3.05, 3.63) is 40.6 Å². The van der Waals surface area contributed by atoms with E-state index in [1.807, 2.05) is 45.0 Å². The molecule has 0 spiro atoms. The van der Waals surface area contributed by atoms with Gasteiger partial charge in [-0.1, -0.05) is 32.9 Å². The Morgan fingerprint density at radius 1 is 1.10 bits per heavy atom. The van der Waals surface area contributed by atoms with Crippen molar-refractivity contribution in [3.63, 3.8) is 0 Å². The molecule has 3 rings (SSSR count). The molecule has 30 heavy (non-hydrogen) atoms. The predicted molar refractivity (Wildman–Crippen MR) is 114 cm³/mol. The normalized spacial score (nSPS) is 12.0. The Bertz CT molecular complexity index is 1090. The molecule has 0 aliphatic heterocycles. The molecule has 3 aromatic rings. The minimum Gasteiger partial charge on any atom is -0.383 e. The van der Waals surface area contributed by atoms with E-state index in [1.165, 1.54) is 9.08 Å². The number of rotatable bonds is 8. The highest BCUT2D eigenvalue weighted by atomic mass is 16.5. The lowest BCUT2D eigenvalue weighted by molar-refractivity contribution is -0.133. The highest BCUT2D eigenvalue weighted by Gasteiger charge is 2.25. The summed E-state index contributed by atoms with van der Waals surface area (Å²) in [4.78, 5) is 32.5. The molecule has 1 amide bonds. The van der Waals surface area contributed by atoms with Crippen LogP contribution in [0.4, 0.5) is 0 Å². The van der Waals surface area contributed by atoms with E-state index >= 15 is 0 Å². The van der Waals surface area contributed by atoms with Crippen LogP contribution in [-0.4, -0.2) is 70.5 Å². The van der Waals surface area contributed by atoms with Gasteiger partial charge in [0.2, 0.25) is 5.91 Å². The Morgan fingerprint density at radius 3 is 2.33 bits per heavy atom.